The van der Waals surface area contributed by atoms with Crippen molar-refractivity contribution in [1.82, 2.24) is 4.90 Å². The van der Waals surface area contributed by atoms with Crippen LogP contribution in [0.1, 0.15) is 36.7 Å². The van der Waals surface area contributed by atoms with Crippen LogP contribution in [0.2, 0.25) is 0 Å². The molecule has 3 heteroatoms. The van der Waals surface area contributed by atoms with Gasteiger partial charge in [-0.1, -0.05) is 32.9 Å². The first kappa shape index (κ1) is 14.0. The van der Waals surface area contributed by atoms with E-state index in [4.69, 9.17) is 11.6 Å². The number of amides is 1. The van der Waals surface area contributed by atoms with Crippen LogP contribution in [-0.2, 0) is 5.88 Å². The Balaban J connectivity index is 2.81. The van der Waals surface area contributed by atoms with Crippen molar-refractivity contribution in [2.45, 2.75) is 26.7 Å². The van der Waals surface area contributed by atoms with Crippen LogP contribution >= 0.6 is 11.6 Å². The zero-order valence-electron chi connectivity index (χ0n) is 11.0. The molecule has 0 saturated heterocycles. The molecule has 2 nitrogen and oxygen atoms in total. The van der Waals surface area contributed by atoms with Crippen LogP contribution in [-0.4, -0.2) is 24.4 Å². The molecule has 0 fully saturated rings. The van der Waals surface area contributed by atoms with Gasteiger partial charge < -0.3 is 4.90 Å². The van der Waals surface area contributed by atoms with Gasteiger partial charge in [-0.2, -0.15) is 0 Å². The Labute approximate surface area is 109 Å². The summed E-state index contributed by atoms with van der Waals surface area (Å²) in [7, 11) is 1.83. The number of halogens is 1. The van der Waals surface area contributed by atoms with E-state index in [1.807, 2.05) is 31.3 Å². The van der Waals surface area contributed by atoms with Crippen molar-refractivity contribution in [3.05, 3.63) is 35.4 Å². The Morgan fingerprint density at radius 3 is 2.53 bits per heavy atom. The van der Waals surface area contributed by atoms with Gasteiger partial charge in [0.2, 0.25) is 0 Å². The molecule has 0 heterocycles. The predicted octanol–water partition coefficient (Wildman–Crippen LogP) is 3.54. The third-order valence-corrected chi connectivity index (χ3v) is 2.70. The van der Waals surface area contributed by atoms with Crippen molar-refractivity contribution in [2.24, 2.45) is 5.41 Å². The van der Waals surface area contributed by atoms with Gasteiger partial charge in [-0.3, -0.25) is 4.79 Å². The first-order chi connectivity index (χ1) is 7.83. The van der Waals surface area contributed by atoms with Gasteiger partial charge >= 0.3 is 0 Å². The summed E-state index contributed by atoms with van der Waals surface area (Å²) in [5.74, 6) is 0.483. The number of carbonyl (C=O) groups excluding carboxylic acids is 1. The smallest absolute Gasteiger partial charge is 0.253 e. The van der Waals surface area contributed by atoms with Gasteiger partial charge in [-0.25, -0.2) is 0 Å². The van der Waals surface area contributed by atoms with Crippen LogP contribution in [0.15, 0.2) is 24.3 Å². The Hall–Kier alpha value is -1.02. The highest BCUT2D eigenvalue weighted by Gasteiger charge is 2.18. The summed E-state index contributed by atoms with van der Waals surface area (Å²) in [6.45, 7) is 7.08. The van der Waals surface area contributed by atoms with Crippen molar-refractivity contribution < 1.29 is 4.79 Å². The van der Waals surface area contributed by atoms with Gasteiger partial charge in [0.1, 0.15) is 0 Å². The number of carbonyl (C=O) groups is 1. The molecule has 0 aliphatic rings. The lowest BCUT2D eigenvalue weighted by Gasteiger charge is -2.26. The molecule has 1 aromatic rings. The molecule has 0 radical (unpaired) electrons. The van der Waals surface area contributed by atoms with E-state index in [9.17, 15) is 4.79 Å². The molecule has 0 aliphatic heterocycles. The van der Waals surface area contributed by atoms with E-state index in [1.54, 1.807) is 4.90 Å². The van der Waals surface area contributed by atoms with Gasteiger partial charge in [-0.05, 0) is 23.1 Å². The molecule has 0 spiro atoms. The van der Waals surface area contributed by atoms with Crippen LogP contribution in [0.25, 0.3) is 0 Å². The Bertz CT molecular complexity index is 395. The van der Waals surface area contributed by atoms with E-state index >= 15 is 0 Å². The molecule has 0 N–H and O–H groups in total. The van der Waals surface area contributed by atoms with Gasteiger partial charge in [0.25, 0.3) is 5.91 Å². The minimum Gasteiger partial charge on any atom is -0.341 e. The standard InChI is InChI=1S/C14H20ClNO/c1-14(2,3)10-16(4)13(17)12-7-5-6-11(8-12)9-15/h5-8H,9-10H2,1-4H3. The number of hydrogen-bond donors (Lipinski definition) is 0. The molecule has 0 saturated carbocycles. The predicted molar refractivity (Wildman–Crippen MR) is 72.4 cm³/mol. The number of benzene rings is 1. The fourth-order valence-electron chi connectivity index (χ4n) is 1.79. The van der Waals surface area contributed by atoms with Crippen LogP contribution in [0.3, 0.4) is 0 Å². The van der Waals surface area contributed by atoms with E-state index in [2.05, 4.69) is 20.8 Å². The number of nitrogens with zero attached hydrogens (tertiary/aromatic N) is 1. The highest BCUT2D eigenvalue weighted by Crippen LogP contribution is 2.16. The third-order valence-electron chi connectivity index (χ3n) is 2.39. The Morgan fingerprint density at radius 2 is 2.00 bits per heavy atom. The highest BCUT2D eigenvalue weighted by molar-refractivity contribution is 6.17. The number of alkyl halides is 1. The SMILES string of the molecule is CN(CC(C)(C)C)C(=O)c1cccc(CCl)c1. The third kappa shape index (κ3) is 4.39. The topological polar surface area (TPSA) is 20.3 Å². The number of rotatable bonds is 3. The lowest BCUT2D eigenvalue weighted by Crippen LogP contribution is -2.34. The minimum absolute atomic E-state index is 0.0480. The Morgan fingerprint density at radius 1 is 1.35 bits per heavy atom. The van der Waals surface area contributed by atoms with Gasteiger partial charge in [0.05, 0.1) is 0 Å². The fourth-order valence-corrected chi connectivity index (χ4v) is 1.96. The maximum atomic E-state index is 12.2. The van der Waals surface area contributed by atoms with Crippen LogP contribution < -0.4 is 0 Å². The average molecular weight is 254 g/mol. The van der Waals surface area contributed by atoms with Crippen molar-refractivity contribution in [3.8, 4) is 0 Å². The maximum absolute atomic E-state index is 12.2. The van der Waals surface area contributed by atoms with E-state index < -0.39 is 0 Å². The first-order valence-electron chi connectivity index (χ1n) is 5.74. The molecule has 1 aromatic carbocycles. The summed E-state index contributed by atoms with van der Waals surface area (Å²) in [5.41, 5.74) is 1.78. The summed E-state index contributed by atoms with van der Waals surface area (Å²) in [6.07, 6.45) is 0. The normalized spacial score (nSPS) is 11.4. The van der Waals surface area contributed by atoms with Crippen LogP contribution in [0.4, 0.5) is 0 Å². The molecule has 0 unspecified atom stereocenters. The molecule has 17 heavy (non-hydrogen) atoms. The maximum Gasteiger partial charge on any atom is 0.253 e. The monoisotopic (exact) mass is 253 g/mol. The van der Waals surface area contributed by atoms with Crippen molar-refractivity contribution in [1.29, 1.82) is 0 Å². The quantitative estimate of drug-likeness (QED) is 0.755. The molecular weight excluding hydrogens is 234 g/mol. The average Bonchev–Trinajstić information content (AvgIpc) is 2.26. The molecule has 1 amide bonds. The molecule has 1 rings (SSSR count). The van der Waals surface area contributed by atoms with Gasteiger partial charge in [0, 0.05) is 25.0 Å². The van der Waals surface area contributed by atoms with E-state index in [-0.39, 0.29) is 11.3 Å². The first-order valence-corrected chi connectivity index (χ1v) is 6.27. The van der Waals surface area contributed by atoms with E-state index in [0.717, 1.165) is 12.1 Å². The minimum atomic E-state index is 0.0480. The van der Waals surface area contributed by atoms with Gasteiger partial charge in [-0.15, -0.1) is 11.6 Å². The molecule has 0 atom stereocenters. The molecule has 0 aromatic heterocycles. The van der Waals surface area contributed by atoms with Gasteiger partial charge in [0.15, 0.2) is 0 Å². The summed E-state index contributed by atoms with van der Waals surface area (Å²) in [4.78, 5) is 13.9. The summed E-state index contributed by atoms with van der Waals surface area (Å²) >= 11 is 5.76. The molecular formula is C14H20ClNO. The second-order valence-electron chi connectivity index (χ2n) is 5.56. The van der Waals surface area contributed by atoms with Crippen molar-refractivity contribution >= 4 is 17.5 Å². The Kier molecular flexibility index (Phi) is 4.58. The zero-order chi connectivity index (χ0) is 13.1. The molecule has 0 bridgehead atoms. The van der Waals surface area contributed by atoms with Crippen molar-refractivity contribution in [2.75, 3.05) is 13.6 Å². The summed E-state index contributed by atoms with van der Waals surface area (Å²) in [5, 5.41) is 0. The van der Waals surface area contributed by atoms with E-state index in [1.165, 1.54) is 0 Å². The van der Waals surface area contributed by atoms with Crippen LogP contribution in [0.5, 0.6) is 0 Å². The fraction of sp³-hybridized carbons (Fsp3) is 0.500. The summed E-state index contributed by atoms with van der Waals surface area (Å²) in [6, 6.07) is 7.48. The van der Waals surface area contributed by atoms with E-state index in [0.29, 0.717) is 11.4 Å². The second-order valence-corrected chi connectivity index (χ2v) is 5.82. The highest BCUT2D eigenvalue weighted by atomic mass is 35.5. The largest absolute Gasteiger partial charge is 0.341 e. The molecule has 0 aliphatic carbocycles. The van der Waals surface area contributed by atoms with Crippen molar-refractivity contribution in [3.63, 3.8) is 0 Å². The second kappa shape index (κ2) is 5.54. The molecule has 94 valence electrons. The number of hydrogen-bond acceptors (Lipinski definition) is 1. The zero-order valence-corrected chi connectivity index (χ0v) is 11.7. The summed E-state index contributed by atoms with van der Waals surface area (Å²) < 4.78 is 0. The lowest BCUT2D eigenvalue weighted by molar-refractivity contribution is 0.0745. The lowest BCUT2D eigenvalue weighted by atomic mass is 9.96. The van der Waals surface area contributed by atoms with Crippen LogP contribution in [0, 0.1) is 5.41 Å².